The van der Waals surface area contributed by atoms with Crippen LogP contribution in [0.1, 0.15) is 15.9 Å². The van der Waals surface area contributed by atoms with Crippen molar-refractivity contribution >= 4 is 21.7 Å². The van der Waals surface area contributed by atoms with Crippen molar-refractivity contribution < 1.29 is 22.7 Å². The quantitative estimate of drug-likeness (QED) is 0.922. The number of carbonyl (C=O) groups excluding carboxylic acids is 1. The average Bonchev–Trinajstić information content (AvgIpc) is 2.41. The van der Waals surface area contributed by atoms with Gasteiger partial charge in [-0.2, -0.15) is 0 Å². The summed E-state index contributed by atoms with van der Waals surface area (Å²) < 4.78 is 39.9. The lowest BCUT2D eigenvalue weighted by Crippen LogP contribution is -2.24. The van der Waals surface area contributed by atoms with Crippen molar-refractivity contribution in [1.29, 1.82) is 0 Å². The van der Waals surface area contributed by atoms with Crippen LogP contribution in [0.3, 0.4) is 0 Å². The van der Waals surface area contributed by atoms with Crippen molar-refractivity contribution in [2.75, 3.05) is 4.72 Å². The number of hydrogen-bond donors (Lipinski definition) is 1. The molecule has 0 aliphatic rings. The molecular formula is C14H11FNO4S-. The third-order valence-corrected chi connectivity index (χ3v) is 4.21. The SMILES string of the molecule is Cc1ccc(S(=O)(=O)Nc2ccccc2C(=O)[O-])cc1F. The van der Waals surface area contributed by atoms with Crippen LogP contribution in [0.25, 0.3) is 0 Å². The minimum Gasteiger partial charge on any atom is -0.545 e. The molecule has 0 saturated carbocycles. The largest absolute Gasteiger partial charge is 0.545 e. The van der Waals surface area contributed by atoms with Crippen molar-refractivity contribution in [2.45, 2.75) is 11.8 Å². The molecule has 0 radical (unpaired) electrons. The Hall–Kier alpha value is -2.41. The number of rotatable bonds is 4. The maximum absolute atomic E-state index is 13.5. The zero-order valence-electron chi connectivity index (χ0n) is 11.0. The molecule has 0 atom stereocenters. The van der Waals surface area contributed by atoms with Gasteiger partial charge in [0.15, 0.2) is 0 Å². The molecule has 2 rings (SSSR count). The number of aromatic carboxylic acids is 1. The predicted octanol–water partition coefficient (Wildman–Crippen LogP) is 1.30. The highest BCUT2D eigenvalue weighted by molar-refractivity contribution is 7.92. The van der Waals surface area contributed by atoms with Crippen LogP contribution in [0, 0.1) is 12.7 Å². The van der Waals surface area contributed by atoms with Gasteiger partial charge in [0.05, 0.1) is 16.6 Å². The zero-order chi connectivity index (χ0) is 15.6. The Labute approximate surface area is 121 Å². The Morgan fingerprint density at radius 3 is 2.48 bits per heavy atom. The molecule has 0 fully saturated rings. The first kappa shape index (κ1) is 15.0. The highest BCUT2D eigenvalue weighted by Gasteiger charge is 2.17. The molecule has 1 N–H and O–H groups in total. The van der Waals surface area contributed by atoms with E-state index in [9.17, 15) is 22.7 Å². The molecule has 0 aliphatic heterocycles. The lowest BCUT2D eigenvalue weighted by atomic mass is 10.2. The molecule has 0 saturated heterocycles. The number of carboxylic acid groups (broad SMARTS) is 1. The summed E-state index contributed by atoms with van der Waals surface area (Å²) in [6.07, 6.45) is 0. The number of anilines is 1. The van der Waals surface area contributed by atoms with Gasteiger partial charge in [-0.15, -0.1) is 0 Å². The van der Waals surface area contributed by atoms with Gasteiger partial charge >= 0.3 is 0 Å². The fourth-order valence-corrected chi connectivity index (χ4v) is 2.79. The second-order valence-electron chi connectivity index (χ2n) is 4.35. The molecule has 0 spiro atoms. The maximum Gasteiger partial charge on any atom is 0.262 e. The number of carbonyl (C=O) groups is 1. The molecule has 0 unspecified atom stereocenters. The van der Waals surface area contributed by atoms with Gasteiger partial charge in [-0.3, -0.25) is 4.72 Å². The second-order valence-corrected chi connectivity index (χ2v) is 6.03. The number of halogens is 1. The summed E-state index contributed by atoms with van der Waals surface area (Å²) in [6, 6.07) is 8.85. The number of nitrogens with one attached hydrogen (secondary N) is 1. The molecule has 21 heavy (non-hydrogen) atoms. The first-order chi connectivity index (χ1) is 9.81. The van der Waals surface area contributed by atoms with Crippen LogP contribution in [-0.2, 0) is 10.0 Å². The van der Waals surface area contributed by atoms with Crippen LogP contribution in [0.5, 0.6) is 0 Å². The maximum atomic E-state index is 13.5. The number of hydrogen-bond acceptors (Lipinski definition) is 4. The molecule has 0 bridgehead atoms. The fraction of sp³-hybridized carbons (Fsp3) is 0.0714. The summed E-state index contributed by atoms with van der Waals surface area (Å²) in [6.45, 7) is 1.50. The normalized spacial score (nSPS) is 11.1. The minimum absolute atomic E-state index is 0.140. The van der Waals surface area contributed by atoms with Gasteiger partial charge in [0, 0.05) is 5.56 Å². The number of sulfonamides is 1. The van der Waals surface area contributed by atoms with E-state index in [0.717, 1.165) is 6.07 Å². The molecular weight excluding hydrogens is 297 g/mol. The fourth-order valence-electron chi connectivity index (χ4n) is 1.69. The van der Waals surface area contributed by atoms with Crippen LogP contribution in [0.15, 0.2) is 47.4 Å². The van der Waals surface area contributed by atoms with E-state index in [2.05, 4.69) is 4.72 Å². The van der Waals surface area contributed by atoms with E-state index in [1.807, 2.05) is 0 Å². The lowest BCUT2D eigenvalue weighted by Gasteiger charge is -2.13. The van der Waals surface area contributed by atoms with E-state index >= 15 is 0 Å². The first-order valence-electron chi connectivity index (χ1n) is 5.90. The van der Waals surface area contributed by atoms with E-state index in [1.54, 1.807) is 0 Å². The molecule has 110 valence electrons. The van der Waals surface area contributed by atoms with E-state index < -0.39 is 21.8 Å². The van der Waals surface area contributed by atoms with E-state index in [4.69, 9.17) is 0 Å². The van der Waals surface area contributed by atoms with Crippen LogP contribution >= 0.6 is 0 Å². The Balaban J connectivity index is 2.42. The summed E-state index contributed by atoms with van der Waals surface area (Å²) >= 11 is 0. The highest BCUT2D eigenvalue weighted by Crippen LogP contribution is 2.21. The number of carboxylic acids is 1. The third kappa shape index (κ3) is 3.19. The van der Waals surface area contributed by atoms with Gasteiger partial charge in [-0.1, -0.05) is 24.3 Å². The molecule has 0 aromatic heterocycles. The molecule has 0 heterocycles. The van der Waals surface area contributed by atoms with Crippen molar-refractivity contribution in [3.8, 4) is 0 Å². The summed E-state index contributed by atoms with van der Waals surface area (Å²) in [4.78, 5) is 10.6. The smallest absolute Gasteiger partial charge is 0.262 e. The summed E-state index contributed by atoms with van der Waals surface area (Å²) in [5.74, 6) is -2.17. The highest BCUT2D eigenvalue weighted by atomic mass is 32.2. The molecule has 7 heteroatoms. The van der Waals surface area contributed by atoms with E-state index in [1.165, 1.54) is 43.3 Å². The Bertz CT molecular complexity index is 802. The third-order valence-electron chi connectivity index (χ3n) is 2.84. The van der Waals surface area contributed by atoms with E-state index in [0.29, 0.717) is 5.56 Å². The van der Waals surface area contributed by atoms with Crippen molar-refractivity contribution in [3.05, 3.63) is 59.4 Å². The number of benzene rings is 2. The summed E-state index contributed by atoms with van der Waals surface area (Å²) in [5, 5.41) is 10.9. The van der Waals surface area contributed by atoms with Crippen LogP contribution in [0.2, 0.25) is 0 Å². The molecule has 5 nitrogen and oxygen atoms in total. The topological polar surface area (TPSA) is 86.3 Å². The van der Waals surface area contributed by atoms with Crippen LogP contribution in [-0.4, -0.2) is 14.4 Å². The Morgan fingerprint density at radius 1 is 1.19 bits per heavy atom. The molecule has 2 aromatic carbocycles. The van der Waals surface area contributed by atoms with Gasteiger partial charge in [0.1, 0.15) is 5.82 Å². The number of para-hydroxylation sites is 1. The Kier molecular flexibility index (Phi) is 3.95. The summed E-state index contributed by atoms with van der Waals surface area (Å²) in [5.41, 5.74) is -0.128. The average molecular weight is 308 g/mol. The minimum atomic E-state index is -4.09. The number of aryl methyl sites for hydroxylation is 1. The molecule has 0 aliphatic carbocycles. The Morgan fingerprint density at radius 2 is 1.86 bits per heavy atom. The molecule has 0 amide bonds. The molecule has 2 aromatic rings. The van der Waals surface area contributed by atoms with Crippen molar-refractivity contribution in [2.24, 2.45) is 0 Å². The second kappa shape index (κ2) is 5.53. The lowest BCUT2D eigenvalue weighted by molar-refractivity contribution is -0.254. The standard InChI is InChI=1S/C14H12FNO4S/c1-9-6-7-10(8-12(9)15)21(19,20)16-13-5-3-2-4-11(13)14(17)18/h2-8,16H,1H3,(H,17,18)/p-1. The van der Waals surface area contributed by atoms with Gasteiger partial charge < -0.3 is 9.90 Å². The van der Waals surface area contributed by atoms with Crippen molar-refractivity contribution in [1.82, 2.24) is 0 Å². The van der Waals surface area contributed by atoms with Gasteiger partial charge in [0.25, 0.3) is 10.0 Å². The summed E-state index contributed by atoms with van der Waals surface area (Å²) in [7, 11) is -4.09. The van der Waals surface area contributed by atoms with Crippen LogP contribution in [0.4, 0.5) is 10.1 Å². The predicted molar refractivity (Wildman–Crippen MR) is 72.7 cm³/mol. The van der Waals surface area contributed by atoms with Gasteiger partial charge in [-0.05, 0) is 30.7 Å². The van der Waals surface area contributed by atoms with Gasteiger partial charge in [-0.25, -0.2) is 12.8 Å². The monoisotopic (exact) mass is 308 g/mol. The van der Waals surface area contributed by atoms with Crippen LogP contribution < -0.4 is 9.83 Å². The van der Waals surface area contributed by atoms with Gasteiger partial charge in [0.2, 0.25) is 0 Å². The van der Waals surface area contributed by atoms with E-state index in [-0.39, 0.29) is 16.1 Å². The zero-order valence-corrected chi connectivity index (χ0v) is 11.8. The first-order valence-corrected chi connectivity index (χ1v) is 7.39. The van der Waals surface area contributed by atoms with Crippen molar-refractivity contribution in [3.63, 3.8) is 0 Å².